The van der Waals surface area contributed by atoms with Crippen molar-refractivity contribution in [1.82, 2.24) is 0 Å². The summed E-state index contributed by atoms with van der Waals surface area (Å²) < 4.78 is 13.9. The minimum atomic E-state index is -1.92. The molecule has 5 heteroatoms. The highest BCUT2D eigenvalue weighted by molar-refractivity contribution is 7.93. The number of fused-ring (bicyclic) bond motifs is 1. The van der Waals surface area contributed by atoms with Crippen molar-refractivity contribution in [1.29, 1.82) is 0 Å². The van der Waals surface area contributed by atoms with Gasteiger partial charge in [-0.15, -0.1) is 0 Å². The maximum absolute atomic E-state index is 10.4. The van der Waals surface area contributed by atoms with Crippen LogP contribution in [0.15, 0.2) is 47.6 Å². The Balaban J connectivity index is 1.55. The first-order valence-corrected chi connectivity index (χ1v) is 21.8. The van der Waals surface area contributed by atoms with E-state index in [1.807, 2.05) is 0 Å². The van der Waals surface area contributed by atoms with Crippen molar-refractivity contribution in [3.63, 3.8) is 0 Å². The quantitative estimate of drug-likeness (QED) is 0.157. The number of aliphatic hydroxyl groups excluding tert-OH is 1. The van der Waals surface area contributed by atoms with E-state index in [0.717, 1.165) is 18.4 Å². The smallest absolute Gasteiger partial charge is 0.192 e. The summed E-state index contributed by atoms with van der Waals surface area (Å²) in [6.45, 7) is 28.2. The first kappa shape index (κ1) is 35.3. The third-order valence-electron chi connectivity index (χ3n) is 12.0. The fourth-order valence-electron chi connectivity index (χ4n) is 7.69. The molecule has 4 aliphatic carbocycles. The van der Waals surface area contributed by atoms with Crippen LogP contribution in [0.1, 0.15) is 113 Å². The molecule has 4 saturated carbocycles. The maximum Gasteiger partial charge on any atom is 0.192 e. The molecule has 3 nitrogen and oxygen atoms in total. The number of hydrogen-bond donors (Lipinski definition) is 1. The zero-order valence-corrected chi connectivity index (χ0v) is 31.4. The van der Waals surface area contributed by atoms with Gasteiger partial charge in [0.1, 0.15) is 23.5 Å². The van der Waals surface area contributed by atoms with E-state index in [4.69, 9.17) is 8.61 Å². The Kier molecular flexibility index (Phi) is 10.9. The molecule has 0 amide bonds. The number of rotatable bonds is 9. The monoisotopic (exact) mass is 629 g/mol. The minimum Gasteiger partial charge on any atom is -0.413 e. The van der Waals surface area contributed by atoms with Crippen LogP contribution in [-0.4, -0.2) is 42.7 Å². The Bertz CT molecular complexity index is 1090. The van der Waals surface area contributed by atoms with Crippen molar-refractivity contribution in [2.24, 2.45) is 29.1 Å². The average molecular weight is 630 g/mol. The minimum absolute atomic E-state index is 0.00633. The molecule has 0 heterocycles. The molecule has 244 valence electrons. The van der Waals surface area contributed by atoms with Crippen LogP contribution in [0.3, 0.4) is 0 Å². The molecule has 4 fully saturated rings. The lowest BCUT2D eigenvalue weighted by molar-refractivity contribution is 0.110. The van der Waals surface area contributed by atoms with Gasteiger partial charge >= 0.3 is 0 Å². The number of hydrogen-bond acceptors (Lipinski definition) is 3. The Morgan fingerprint density at radius 1 is 1.05 bits per heavy atom. The van der Waals surface area contributed by atoms with Gasteiger partial charge in [0.15, 0.2) is 13.1 Å². The van der Waals surface area contributed by atoms with E-state index in [2.05, 4.69) is 106 Å². The molecule has 8 atom stereocenters. The maximum atomic E-state index is 10.4. The standard InChI is InChI=1S/C38H65O3SSi/c1-26(15-22-34(39)29-17-18-29)32-20-21-33-28(14-13-23-38(32,33)9)16-19-30-24-31(41-43(11,12)37(6,7)8)25-35(27(30)2)40-42(10)36(3,4)5/h15-16,19,22,26,29,31-35,39H,2,13-14,17-18,20-21,23-25H2,1,3-12H3/q+1/b22-15+,28-16+,30-19+/t26-,31-,32-,33+,34-,35+,38-,42?/m1/s1. The van der Waals surface area contributed by atoms with Gasteiger partial charge in [-0.05, 0) is 131 Å². The van der Waals surface area contributed by atoms with Gasteiger partial charge in [0.05, 0.1) is 12.2 Å². The van der Waals surface area contributed by atoms with E-state index in [1.54, 1.807) is 5.57 Å². The summed E-state index contributed by atoms with van der Waals surface area (Å²) in [5.41, 5.74) is 4.46. The molecule has 0 spiro atoms. The Labute approximate surface area is 269 Å². The first-order chi connectivity index (χ1) is 19.8. The summed E-state index contributed by atoms with van der Waals surface area (Å²) in [6.07, 6.45) is 22.1. The molecular formula is C38H65O3SSi+. The summed E-state index contributed by atoms with van der Waals surface area (Å²) in [5, 5.41) is 10.6. The normalized spacial score (nSPS) is 35.0. The zero-order valence-electron chi connectivity index (χ0n) is 29.6. The van der Waals surface area contributed by atoms with Gasteiger partial charge in [-0.2, -0.15) is 4.18 Å². The van der Waals surface area contributed by atoms with Crippen LogP contribution >= 0.6 is 0 Å². The molecule has 0 aromatic carbocycles. The van der Waals surface area contributed by atoms with Gasteiger partial charge in [-0.25, -0.2) is 0 Å². The highest BCUT2D eigenvalue weighted by Crippen LogP contribution is 2.59. The molecule has 4 rings (SSSR count). The summed E-state index contributed by atoms with van der Waals surface area (Å²) in [4.78, 5) is 0. The third-order valence-corrected chi connectivity index (χ3v) is 18.8. The van der Waals surface area contributed by atoms with Gasteiger partial charge in [0.25, 0.3) is 0 Å². The van der Waals surface area contributed by atoms with Crippen molar-refractivity contribution >= 4 is 19.5 Å². The highest BCUT2D eigenvalue weighted by atomic mass is 32.2. The molecule has 0 aromatic heterocycles. The van der Waals surface area contributed by atoms with Crippen LogP contribution < -0.4 is 0 Å². The van der Waals surface area contributed by atoms with Gasteiger partial charge in [0, 0.05) is 6.42 Å². The molecule has 0 bridgehead atoms. The molecule has 0 saturated heterocycles. The van der Waals surface area contributed by atoms with Crippen LogP contribution in [-0.2, 0) is 19.8 Å². The molecule has 1 N–H and O–H groups in total. The Hall–Kier alpha value is -0.593. The second-order valence-electron chi connectivity index (χ2n) is 17.2. The second kappa shape index (κ2) is 13.3. The predicted octanol–water partition coefficient (Wildman–Crippen LogP) is 10.1. The molecule has 0 aliphatic heterocycles. The van der Waals surface area contributed by atoms with E-state index in [9.17, 15) is 5.11 Å². The number of allylic oxidation sites excluding steroid dienone is 4. The topological polar surface area (TPSA) is 38.7 Å². The molecule has 4 aliphatic rings. The van der Waals surface area contributed by atoms with Crippen LogP contribution in [0.4, 0.5) is 0 Å². The molecule has 0 aromatic rings. The van der Waals surface area contributed by atoms with Crippen LogP contribution in [0.25, 0.3) is 0 Å². The van der Waals surface area contributed by atoms with Crippen molar-refractivity contribution < 1.29 is 13.7 Å². The summed E-state index contributed by atoms with van der Waals surface area (Å²) in [6, 6.07) is 0. The lowest BCUT2D eigenvalue weighted by Gasteiger charge is -2.44. The van der Waals surface area contributed by atoms with Crippen molar-refractivity contribution in [2.45, 2.75) is 154 Å². The Morgan fingerprint density at radius 2 is 1.72 bits per heavy atom. The third kappa shape index (κ3) is 8.23. The largest absolute Gasteiger partial charge is 0.413 e. The highest BCUT2D eigenvalue weighted by Gasteiger charge is 2.50. The van der Waals surface area contributed by atoms with Gasteiger partial charge in [-0.1, -0.05) is 71.1 Å². The van der Waals surface area contributed by atoms with Crippen LogP contribution in [0.5, 0.6) is 0 Å². The molecule has 0 radical (unpaired) electrons. The van der Waals surface area contributed by atoms with E-state index in [1.165, 1.54) is 50.5 Å². The summed E-state index contributed by atoms with van der Waals surface area (Å²) in [5.74, 6) is 2.35. The summed E-state index contributed by atoms with van der Waals surface area (Å²) >= 11 is -0.175. The van der Waals surface area contributed by atoms with Crippen molar-refractivity contribution in [3.8, 4) is 0 Å². The summed E-state index contributed by atoms with van der Waals surface area (Å²) in [7, 11) is -1.92. The Morgan fingerprint density at radius 3 is 2.33 bits per heavy atom. The van der Waals surface area contributed by atoms with E-state index >= 15 is 0 Å². The number of aliphatic hydroxyl groups is 1. The fourth-order valence-corrected chi connectivity index (χ4v) is 9.89. The first-order valence-electron chi connectivity index (χ1n) is 17.3. The van der Waals surface area contributed by atoms with E-state index < -0.39 is 8.32 Å². The molecule has 43 heavy (non-hydrogen) atoms. The zero-order chi connectivity index (χ0) is 32.0. The van der Waals surface area contributed by atoms with Crippen molar-refractivity contribution in [3.05, 3.63) is 47.6 Å². The van der Waals surface area contributed by atoms with Crippen molar-refractivity contribution in [2.75, 3.05) is 6.26 Å². The predicted molar refractivity (Wildman–Crippen MR) is 190 cm³/mol. The lowest BCUT2D eigenvalue weighted by Crippen LogP contribution is -2.46. The molecular weight excluding hydrogens is 565 g/mol. The lowest BCUT2D eigenvalue weighted by atomic mass is 9.61. The SMILES string of the molecule is C=C1/C(=C/C=C2\CCC[C@]3(C)[C@@H]([C@H](C)/C=C/[C@@H](O)C4CC4)CC[C@@H]23)C[C@@H](O[Si](C)(C)C(C)(C)C)C[C@@H]1O[S+](C)C(C)(C)C. The van der Waals surface area contributed by atoms with E-state index in [-0.39, 0.29) is 39.3 Å². The van der Waals surface area contributed by atoms with Gasteiger partial charge in [-0.3, -0.25) is 0 Å². The van der Waals surface area contributed by atoms with E-state index in [0.29, 0.717) is 29.1 Å². The van der Waals surface area contributed by atoms with Crippen LogP contribution in [0.2, 0.25) is 18.1 Å². The fraction of sp³-hybridized carbons (Fsp3) is 0.789. The molecule has 1 unspecified atom stereocenters. The van der Waals surface area contributed by atoms with Crippen LogP contribution in [0, 0.1) is 29.1 Å². The second-order valence-corrected chi connectivity index (χ2v) is 24.3. The average Bonchev–Trinajstić information content (AvgIpc) is 3.68. The van der Waals surface area contributed by atoms with Gasteiger partial charge < -0.3 is 9.53 Å². The van der Waals surface area contributed by atoms with Gasteiger partial charge in [0.2, 0.25) is 0 Å².